The highest BCUT2D eigenvalue weighted by molar-refractivity contribution is 7.10. The smallest absolute Gasteiger partial charge is 0.108 e. The van der Waals surface area contributed by atoms with Crippen LogP contribution in [-0.4, -0.2) is 11.7 Å². The van der Waals surface area contributed by atoms with E-state index >= 15 is 0 Å². The van der Waals surface area contributed by atoms with E-state index in [2.05, 4.69) is 0 Å². The van der Waals surface area contributed by atoms with Gasteiger partial charge in [0.25, 0.3) is 0 Å². The van der Waals surface area contributed by atoms with Gasteiger partial charge in [0, 0.05) is 11.4 Å². The molecule has 0 bridgehead atoms. The maximum Gasteiger partial charge on any atom is 0.108 e. The van der Waals surface area contributed by atoms with Gasteiger partial charge in [0.2, 0.25) is 0 Å². The third-order valence-electron chi connectivity index (χ3n) is 1.45. The Morgan fingerprint density at radius 3 is 2.90 bits per heavy atom. The van der Waals surface area contributed by atoms with E-state index in [0.717, 1.165) is 4.88 Å². The predicted molar refractivity (Wildman–Crippen MR) is 42.9 cm³/mol. The lowest BCUT2D eigenvalue weighted by atomic mass is 10.1. The van der Waals surface area contributed by atoms with Crippen LogP contribution >= 0.6 is 11.3 Å². The number of aliphatic hydroxyl groups is 1. The predicted octanol–water partition coefficient (Wildman–Crippen LogP) is 0.914. The molecular formula is C7H11NOS. The van der Waals surface area contributed by atoms with Crippen molar-refractivity contribution in [1.29, 1.82) is 0 Å². The molecule has 0 saturated carbocycles. The molecule has 1 aromatic rings. The molecule has 0 radical (unpaired) electrons. The Balaban J connectivity index is 2.85. The summed E-state index contributed by atoms with van der Waals surface area (Å²) in [7, 11) is 0. The molecule has 0 aliphatic heterocycles. The highest BCUT2D eigenvalue weighted by Gasteiger charge is 2.21. The summed E-state index contributed by atoms with van der Waals surface area (Å²) in [5, 5.41) is 11.5. The maximum absolute atomic E-state index is 9.57. The molecule has 0 fully saturated rings. The quantitative estimate of drug-likeness (QED) is 0.670. The molecule has 56 valence electrons. The van der Waals surface area contributed by atoms with Crippen LogP contribution in [0.25, 0.3) is 0 Å². The van der Waals surface area contributed by atoms with E-state index in [1.54, 1.807) is 6.92 Å². The lowest BCUT2D eigenvalue weighted by Crippen LogP contribution is -2.30. The topological polar surface area (TPSA) is 46.2 Å². The molecule has 0 aromatic carbocycles. The van der Waals surface area contributed by atoms with Gasteiger partial charge in [0.05, 0.1) is 0 Å². The molecular weight excluding hydrogens is 146 g/mol. The molecule has 0 aliphatic carbocycles. The zero-order chi connectivity index (χ0) is 7.61. The van der Waals surface area contributed by atoms with E-state index in [-0.39, 0.29) is 6.54 Å². The molecule has 0 saturated heterocycles. The minimum absolute atomic E-state index is 0.271. The summed E-state index contributed by atoms with van der Waals surface area (Å²) in [4.78, 5) is 0.926. The Kier molecular flexibility index (Phi) is 2.08. The average Bonchev–Trinajstić information content (AvgIpc) is 2.38. The van der Waals surface area contributed by atoms with E-state index in [4.69, 9.17) is 5.73 Å². The zero-order valence-corrected chi connectivity index (χ0v) is 6.69. The molecule has 1 heterocycles. The van der Waals surface area contributed by atoms with Crippen molar-refractivity contribution in [3.63, 3.8) is 0 Å². The molecule has 10 heavy (non-hydrogen) atoms. The zero-order valence-electron chi connectivity index (χ0n) is 5.87. The van der Waals surface area contributed by atoms with E-state index in [0.29, 0.717) is 0 Å². The summed E-state index contributed by atoms with van der Waals surface area (Å²) in [6.45, 7) is 1.99. The van der Waals surface area contributed by atoms with Crippen molar-refractivity contribution < 1.29 is 5.11 Å². The first-order valence-corrected chi connectivity index (χ1v) is 4.01. The van der Waals surface area contributed by atoms with Crippen molar-refractivity contribution in [2.24, 2.45) is 5.73 Å². The summed E-state index contributed by atoms with van der Waals surface area (Å²) < 4.78 is 0. The molecule has 3 N–H and O–H groups in total. The van der Waals surface area contributed by atoms with Crippen LogP contribution in [-0.2, 0) is 5.60 Å². The second-order valence-electron chi connectivity index (χ2n) is 2.46. The first-order valence-electron chi connectivity index (χ1n) is 3.13. The van der Waals surface area contributed by atoms with Crippen molar-refractivity contribution in [2.75, 3.05) is 6.54 Å². The van der Waals surface area contributed by atoms with Crippen LogP contribution in [0.2, 0.25) is 0 Å². The first kappa shape index (κ1) is 7.72. The first-order chi connectivity index (χ1) is 4.67. The Morgan fingerprint density at radius 2 is 2.50 bits per heavy atom. The van der Waals surface area contributed by atoms with Crippen LogP contribution in [0.1, 0.15) is 11.8 Å². The van der Waals surface area contributed by atoms with Crippen LogP contribution < -0.4 is 5.73 Å². The van der Waals surface area contributed by atoms with Gasteiger partial charge in [-0.05, 0) is 18.4 Å². The molecule has 0 unspecified atom stereocenters. The van der Waals surface area contributed by atoms with E-state index < -0.39 is 5.60 Å². The summed E-state index contributed by atoms with van der Waals surface area (Å²) in [6, 6.07) is 3.79. The van der Waals surface area contributed by atoms with Gasteiger partial charge < -0.3 is 10.8 Å². The van der Waals surface area contributed by atoms with Gasteiger partial charge in [-0.3, -0.25) is 0 Å². The second-order valence-corrected chi connectivity index (χ2v) is 3.40. The summed E-state index contributed by atoms with van der Waals surface area (Å²) in [5.74, 6) is 0. The van der Waals surface area contributed by atoms with E-state index in [9.17, 15) is 5.11 Å². The van der Waals surface area contributed by atoms with Crippen LogP contribution in [0, 0.1) is 0 Å². The summed E-state index contributed by atoms with van der Waals surface area (Å²) >= 11 is 1.52. The highest BCUT2D eigenvalue weighted by Crippen LogP contribution is 2.23. The Morgan fingerprint density at radius 1 is 1.80 bits per heavy atom. The molecule has 1 aromatic heterocycles. The molecule has 0 spiro atoms. The van der Waals surface area contributed by atoms with Crippen LogP contribution in [0.3, 0.4) is 0 Å². The van der Waals surface area contributed by atoms with E-state index in [1.807, 2.05) is 17.5 Å². The standard InChI is InChI=1S/C7H11NOS/c1-7(9,5-8)6-3-2-4-10-6/h2-4,9H,5,8H2,1H3/t7-/m0/s1. The van der Waals surface area contributed by atoms with Crippen molar-refractivity contribution in [3.8, 4) is 0 Å². The molecule has 1 rings (SSSR count). The third kappa shape index (κ3) is 1.37. The fraction of sp³-hybridized carbons (Fsp3) is 0.429. The fourth-order valence-electron chi connectivity index (χ4n) is 0.686. The van der Waals surface area contributed by atoms with Gasteiger partial charge in [-0.25, -0.2) is 0 Å². The number of hydrogen-bond acceptors (Lipinski definition) is 3. The van der Waals surface area contributed by atoms with Crippen molar-refractivity contribution in [2.45, 2.75) is 12.5 Å². The van der Waals surface area contributed by atoms with Gasteiger partial charge >= 0.3 is 0 Å². The van der Waals surface area contributed by atoms with Crippen LogP contribution in [0.5, 0.6) is 0 Å². The summed E-state index contributed by atoms with van der Waals surface area (Å²) in [5.41, 5.74) is 4.52. The van der Waals surface area contributed by atoms with E-state index in [1.165, 1.54) is 11.3 Å². The SMILES string of the molecule is C[C@](O)(CN)c1cccs1. The maximum atomic E-state index is 9.57. The van der Waals surface area contributed by atoms with Crippen LogP contribution in [0.4, 0.5) is 0 Å². The number of hydrogen-bond donors (Lipinski definition) is 2. The van der Waals surface area contributed by atoms with Gasteiger partial charge in [0.15, 0.2) is 0 Å². The average molecular weight is 157 g/mol. The van der Waals surface area contributed by atoms with Gasteiger partial charge in [-0.2, -0.15) is 0 Å². The van der Waals surface area contributed by atoms with Crippen molar-refractivity contribution >= 4 is 11.3 Å². The molecule has 1 atom stereocenters. The second kappa shape index (κ2) is 2.70. The molecule has 3 heteroatoms. The van der Waals surface area contributed by atoms with Crippen molar-refractivity contribution in [1.82, 2.24) is 0 Å². The normalized spacial score (nSPS) is 16.7. The Hall–Kier alpha value is -0.380. The fourth-order valence-corrected chi connectivity index (χ4v) is 1.48. The highest BCUT2D eigenvalue weighted by atomic mass is 32.1. The molecule has 2 nitrogen and oxygen atoms in total. The van der Waals surface area contributed by atoms with Gasteiger partial charge in [0.1, 0.15) is 5.60 Å². The Labute approximate surface area is 64.3 Å². The number of nitrogens with two attached hydrogens (primary N) is 1. The van der Waals surface area contributed by atoms with Crippen LogP contribution in [0.15, 0.2) is 17.5 Å². The summed E-state index contributed by atoms with van der Waals surface area (Å²) in [6.07, 6.45) is 0. The minimum Gasteiger partial charge on any atom is -0.383 e. The number of thiophene rings is 1. The monoisotopic (exact) mass is 157 g/mol. The molecule has 0 aliphatic rings. The van der Waals surface area contributed by atoms with Gasteiger partial charge in [-0.15, -0.1) is 11.3 Å². The molecule has 0 amide bonds. The van der Waals surface area contributed by atoms with Crippen molar-refractivity contribution in [3.05, 3.63) is 22.4 Å². The lowest BCUT2D eigenvalue weighted by Gasteiger charge is -2.18. The third-order valence-corrected chi connectivity index (χ3v) is 2.57. The minimum atomic E-state index is -0.839. The van der Waals surface area contributed by atoms with Gasteiger partial charge in [-0.1, -0.05) is 6.07 Å². The Bertz CT molecular complexity index is 193. The largest absolute Gasteiger partial charge is 0.383 e. The lowest BCUT2D eigenvalue weighted by molar-refractivity contribution is 0.0707. The number of rotatable bonds is 2.